The van der Waals surface area contributed by atoms with E-state index >= 15 is 0 Å². The first-order chi connectivity index (χ1) is 13.8. The van der Waals surface area contributed by atoms with Crippen LogP contribution in [0.5, 0.6) is 5.75 Å². The predicted molar refractivity (Wildman–Crippen MR) is 98.0 cm³/mol. The van der Waals surface area contributed by atoms with E-state index in [0.717, 1.165) is 25.1 Å². The summed E-state index contributed by atoms with van der Waals surface area (Å²) in [6, 6.07) is 8.68. The van der Waals surface area contributed by atoms with Crippen molar-refractivity contribution in [1.29, 1.82) is 0 Å². The third-order valence-electron chi connectivity index (χ3n) is 5.01. The molecule has 5 nitrogen and oxygen atoms in total. The van der Waals surface area contributed by atoms with Gasteiger partial charge in [0.2, 0.25) is 0 Å². The predicted octanol–water partition coefficient (Wildman–Crippen LogP) is 4.42. The zero-order chi connectivity index (χ0) is 20.6. The minimum Gasteiger partial charge on any atom is -0.489 e. The maximum atomic E-state index is 12.6. The number of ether oxygens (including phenoxy) is 1. The van der Waals surface area contributed by atoms with Crippen LogP contribution in [0.15, 0.2) is 53.7 Å². The van der Waals surface area contributed by atoms with Crippen molar-refractivity contribution in [2.24, 2.45) is 0 Å². The van der Waals surface area contributed by atoms with Crippen LogP contribution in [0.2, 0.25) is 0 Å². The van der Waals surface area contributed by atoms with Crippen LogP contribution in [0, 0.1) is 0 Å². The molecule has 8 heteroatoms. The van der Waals surface area contributed by atoms with Gasteiger partial charge in [0.05, 0.1) is 5.69 Å². The molecule has 2 aliphatic rings. The highest BCUT2D eigenvalue weighted by Crippen LogP contribution is 2.36. The maximum Gasteiger partial charge on any atom is 0.433 e. The SMILES string of the molecule is O=C1C2=C(CCCC2)C(=O)N1c1ccc(OCc2ccc(C(F)(F)F)nc2)cc1. The fourth-order valence-corrected chi connectivity index (χ4v) is 3.51. The molecule has 4 rings (SSSR count). The molecule has 0 atom stereocenters. The first kappa shape index (κ1) is 19.2. The van der Waals surface area contributed by atoms with E-state index in [2.05, 4.69) is 4.98 Å². The summed E-state index contributed by atoms with van der Waals surface area (Å²) in [4.78, 5) is 29.7. The van der Waals surface area contributed by atoms with E-state index in [1.807, 2.05) is 0 Å². The van der Waals surface area contributed by atoms with Gasteiger partial charge >= 0.3 is 6.18 Å². The molecule has 2 aromatic rings. The van der Waals surface area contributed by atoms with Gasteiger partial charge in [-0.3, -0.25) is 14.6 Å². The number of rotatable bonds is 4. The number of imide groups is 1. The molecule has 0 spiro atoms. The molecule has 0 saturated heterocycles. The van der Waals surface area contributed by atoms with Gasteiger partial charge in [0.15, 0.2) is 0 Å². The van der Waals surface area contributed by atoms with Crippen LogP contribution in [0.3, 0.4) is 0 Å². The van der Waals surface area contributed by atoms with E-state index in [1.54, 1.807) is 24.3 Å². The Morgan fingerprint density at radius 2 is 1.55 bits per heavy atom. The number of hydrogen-bond donors (Lipinski definition) is 0. The molecule has 0 N–H and O–H groups in total. The second-order valence-electron chi connectivity index (χ2n) is 6.94. The number of pyridine rings is 1. The first-order valence-corrected chi connectivity index (χ1v) is 9.20. The Bertz CT molecular complexity index is 952. The number of amides is 2. The topological polar surface area (TPSA) is 59.5 Å². The van der Waals surface area contributed by atoms with Gasteiger partial charge in [-0.2, -0.15) is 13.2 Å². The molecule has 0 unspecified atom stereocenters. The van der Waals surface area contributed by atoms with E-state index in [-0.39, 0.29) is 18.4 Å². The monoisotopic (exact) mass is 402 g/mol. The minimum absolute atomic E-state index is 0.0436. The smallest absolute Gasteiger partial charge is 0.433 e. The summed E-state index contributed by atoms with van der Waals surface area (Å²) in [6.45, 7) is 0.0436. The lowest BCUT2D eigenvalue weighted by Gasteiger charge is -2.15. The van der Waals surface area contributed by atoms with Gasteiger partial charge in [0, 0.05) is 22.9 Å². The summed E-state index contributed by atoms with van der Waals surface area (Å²) in [5.74, 6) is -0.0474. The minimum atomic E-state index is -4.48. The van der Waals surface area contributed by atoms with Gasteiger partial charge in [-0.1, -0.05) is 6.07 Å². The van der Waals surface area contributed by atoms with Crippen molar-refractivity contribution in [3.05, 3.63) is 65.0 Å². The van der Waals surface area contributed by atoms with Crippen molar-refractivity contribution in [3.8, 4) is 5.75 Å². The van der Waals surface area contributed by atoms with Crippen LogP contribution in [-0.4, -0.2) is 16.8 Å². The Hall–Kier alpha value is -3.16. The summed E-state index contributed by atoms with van der Waals surface area (Å²) < 4.78 is 43.2. The summed E-state index contributed by atoms with van der Waals surface area (Å²) in [6.07, 6.45) is -0.255. The van der Waals surface area contributed by atoms with Crippen molar-refractivity contribution in [1.82, 2.24) is 4.98 Å². The number of halogens is 3. The van der Waals surface area contributed by atoms with Crippen LogP contribution in [0.1, 0.15) is 36.9 Å². The number of aromatic nitrogens is 1. The summed E-state index contributed by atoms with van der Waals surface area (Å²) in [5, 5.41) is 0. The molecule has 1 aromatic heterocycles. The average Bonchev–Trinajstić information content (AvgIpc) is 2.97. The Morgan fingerprint density at radius 1 is 0.931 bits per heavy atom. The number of benzene rings is 1. The number of anilines is 1. The van der Waals surface area contributed by atoms with E-state index < -0.39 is 11.9 Å². The summed E-state index contributed by atoms with van der Waals surface area (Å²) in [5.41, 5.74) is 1.25. The molecule has 1 aliphatic heterocycles. The third-order valence-corrected chi connectivity index (χ3v) is 5.01. The number of nitrogens with zero attached hydrogens (tertiary/aromatic N) is 2. The zero-order valence-electron chi connectivity index (χ0n) is 15.3. The Balaban J connectivity index is 1.41. The zero-order valence-corrected chi connectivity index (χ0v) is 15.3. The standard InChI is InChI=1S/C21H17F3N2O3/c22-21(23,24)18-10-5-13(11-25-18)12-29-15-8-6-14(7-9-15)26-19(27)16-3-1-2-4-17(16)20(26)28/h5-11H,1-4,12H2. The number of hydrogen-bond acceptors (Lipinski definition) is 4. The molecule has 2 heterocycles. The maximum absolute atomic E-state index is 12.6. The Morgan fingerprint density at radius 3 is 2.07 bits per heavy atom. The van der Waals surface area contributed by atoms with E-state index in [1.165, 1.54) is 11.0 Å². The lowest BCUT2D eigenvalue weighted by molar-refractivity contribution is -0.141. The van der Waals surface area contributed by atoms with Crippen molar-refractivity contribution in [2.75, 3.05) is 4.90 Å². The van der Waals surface area contributed by atoms with Crippen LogP contribution in [-0.2, 0) is 22.4 Å². The fourth-order valence-electron chi connectivity index (χ4n) is 3.51. The molecule has 150 valence electrons. The average molecular weight is 402 g/mol. The van der Waals surface area contributed by atoms with Crippen molar-refractivity contribution >= 4 is 17.5 Å². The molecule has 1 aromatic carbocycles. The van der Waals surface area contributed by atoms with Crippen LogP contribution >= 0.6 is 0 Å². The van der Waals surface area contributed by atoms with Crippen molar-refractivity contribution in [3.63, 3.8) is 0 Å². The van der Waals surface area contributed by atoms with E-state index in [4.69, 9.17) is 4.74 Å². The molecular weight excluding hydrogens is 385 g/mol. The van der Waals surface area contributed by atoms with Gasteiger partial charge in [-0.05, 0) is 56.0 Å². The fraction of sp³-hybridized carbons (Fsp3) is 0.286. The van der Waals surface area contributed by atoms with Gasteiger partial charge in [-0.15, -0.1) is 0 Å². The molecule has 0 radical (unpaired) electrons. The van der Waals surface area contributed by atoms with Crippen LogP contribution < -0.4 is 9.64 Å². The largest absolute Gasteiger partial charge is 0.489 e. The van der Waals surface area contributed by atoms with Crippen molar-refractivity contribution < 1.29 is 27.5 Å². The lowest BCUT2D eigenvalue weighted by atomic mass is 9.93. The highest BCUT2D eigenvalue weighted by molar-refractivity contribution is 6.33. The Kier molecular flexibility index (Phi) is 4.86. The second-order valence-corrected chi connectivity index (χ2v) is 6.94. The molecular formula is C21H17F3N2O3. The lowest BCUT2D eigenvalue weighted by Crippen LogP contribution is -2.31. The molecule has 1 aliphatic carbocycles. The highest BCUT2D eigenvalue weighted by atomic mass is 19.4. The second kappa shape index (κ2) is 7.35. The van der Waals surface area contributed by atoms with E-state index in [9.17, 15) is 22.8 Å². The number of carbonyl (C=O) groups is 2. The van der Waals surface area contributed by atoms with Gasteiger partial charge < -0.3 is 4.74 Å². The molecule has 0 bridgehead atoms. The van der Waals surface area contributed by atoms with Crippen molar-refractivity contribution in [2.45, 2.75) is 38.5 Å². The van der Waals surface area contributed by atoms with Gasteiger partial charge in [0.1, 0.15) is 18.1 Å². The molecule has 0 saturated carbocycles. The van der Waals surface area contributed by atoms with Crippen LogP contribution in [0.25, 0.3) is 0 Å². The molecule has 29 heavy (non-hydrogen) atoms. The number of alkyl halides is 3. The number of carbonyl (C=O) groups excluding carboxylic acids is 2. The normalized spacial score (nSPS) is 17.0. The van der Waals surface area contributed by atoms with Gasteiger partial charge in [0.25, 0.3) is 11.8 Å². The Labute approximate surface area is 164 Å². The highest BCUT2D eigenvalue weighted by Gasteiger charge is 2.39. The van der Waals surface area contributed by atoms with Gasteiger partial charge in [-0.25, -0.2) is 4.90 Å². The summed E-state index contributed by atoms with van der Waals surface area (Å²) >= 11 is 0. The molecule has 2 amide bonds. The molecule has 0 fully saturated rings. The summed E-state index contributed by atoms with van der Waals surface area (Å²) in [7, 11) is 0. The third kappa shape index (κ3) is 3.74. The quantitative estimate of drug-likeness (QED) is 0.711. The van der Waals surface area contributed by atoms with Crippen LogP contribution in [0.4, 0.5) is 18.9 Å². The van der Waals surface area contributed by atoms with E-state index in [0.29, 0.717) is 41.0 Å². The first-order valence-electron chi connectivity index (χ1n) is 9.20.